The van der Waals surface area contributed by atoms with Crippen molar-refractivity contribution in [3.05, 3.63) is 35.9 Å². The van der Waals surface area contributed by atoms with Gasteiger partial charge in [0, 0.05) is 5.54 Å². The number of benzene rings is 1. The van der Waals surface area contributed by atoms with E-state index < -0.39 is 23.4 Å². The zero-order valence-corrected chi connectivity index (χ0v) is 18.2. The summed E-state index contributed by atoms with van der Waals surface area (Å²) in [5, 5.41) is 6.27. The van der Waals surface area contributed by atoms with Gasteiger partial charge in [-0.1, -0.05) is 44.2 Å². The predicted molar refractivity (Wildman–Crippen MR) is 112 cm³/mol. The molecular formula is C21H31N5O4. The van der Waals surface area contributed by atoms with Crippen LogP contribution < -0.4 is 16.1 Å². The second-order valence-electron chi connectivity index (χ2n) is 8.33. The molecule has 164 valence electrons. The van der Waals surface area contributed by atoms with Crippen molar-refractivity contribution >= 4 is 23.8 Å². The summed E-state index contributed by atoms with van der Waals surface area (Å²) in [5.74, 6) is -1.30. The van der Waals surface area contributed by atoms with Gasteiger partial charge in [-0.15, -0.1) is 0 Å². The number of nitrogens with one attached hydrogen (secondary N) is 3. The highest BCUT2D eigenvalue weighted by molar-refractivity contribution is 6.08. The summed E-state index contributed by atoms with van der Waals surface area (Å²) in [5.41, 5.74) is 1.44. The Hall–Kier alpha value is -2.94. The Labute approximate surface area is 177 Å². The molecule has 9 heteroatoms. The number of carbonyl (C=O) groups is 4. The smallest absolute Gasteiger partial charge is 0.344 e. The van der Waals surface area contributed by atoms with Gasteiger partial charge in [0.2, 0.25) is 5.91 Å². The fourth-order valence-electron chi connectivity index (χ4n) is 3.34. The van der Waals surface area contributed by atoms with Gasteiger partial charge >= 0.3 is 6.03 Å². The van der Waals surface area contributed by atoms with Crippen molar-refractivity contribution in [3.63, 3.8) is 0 Å². The molecule has 0 radical (unpaired) electrons. The second kappa shape index (κ2) is 9.25. The highest BCUT2D eigenvalue weighted by atomic mass is 16.2. The summed E-state index contributed by atoms with van der Waals surface area (Å²) in [6, 6.07) is 8.24. The van der Waals surface area contributed by atoms with Gasteiger partial charge in [0.15, 0.2) is 0 Å². The fourth-order valence-corrected chi connectivity index (χ4v) is 3.34. The van der Waals surface area contributed by atoms with E-state index in [4.69, 9.17) is 0 Å². The number of imide groups is 1. The van der Waals surface area contributed by atoms with Crippen LogP contribution >= 0.6 is 0 Å². The summed E-state index contributed by atoms with van der Waals surface area (Å²) >= 11 is 0. The Kier molecular flexibility index (Phi) is 7.20. The number of likely N-dealkylation sites (N-methyl/N-ethyl adjacent to an activating group) is 1. The zero-order chi connectivity index (χ0) is 22.5. The lowest BCUT2D eigenvalue weighted by Gasteiger charge is -2.26. The van der Waals surface area contributed by atoms with Crippen molar-refractivity contribution in [3.8, 4) is 0 Å². The second-order valence-corrected chi connectivity index (χ2v) is 8.33. The Morgan fingerprint density at radius 1 is 1.07 bits per heavy atom. The fraction of sp³-hybridized carbons (Fsp3) is 0.524. The van der Waals surface area contributed by atoms with E-state index in [1.807, 2.05) is 33.8 Å². The van der Waals surface area contributed by atoms with Crippen LogP contribution in [0.4, 0.5) is 4.79 Å². The van der Waals surface area contributed by atoms with Gasteiger partial charge in [-0.3, -0.25) is 24.7 Å². The van der Waals surface area contributed by atoms with Gasteiger partial charge in [-0.2, -0.15) is 5.01 Å². The third-order valence-corrected chi connectivity index (χ3v) is 4.82. The van der Waals surface area contributed by atoms with Gasteiger partial charge in [0.05, 0.1) is 13.1 Å². The molecule has 1 atom stereocenters. The topological polar surface area (TPSA) is 111 Å². The normalized spacial score (nSPS) is 19.1. The minimum Gasteiger partial charge on any atom is -0.350 e. The summed E-state index contributed by atoms with van der Waals surface area (Å²) in [7, 11) is 0. The number of amides is 5. The van der Waals surface area contributed by atoms with E-state index in [0.29, 0.717) is 18.5 Å². The van der Waals surface area contributed by atoms with Crippen LogP contribution in [0.2, 0.25) is 0 Å². The Balaban J connectivity index is 2.05. The molecule has 0 bridgehead atoms. The molecule has 3 N–H and O–H groups in total. The van der Waals surface area contributed by atoms with E-state index in [9.17, 15) is 19.2 Å². The Bertz CT molecular complexity index is 805. The van der Waals surface area contributed by atoms with E-state index >= 15 is 0 Å². The van der Waals surface area contributed by atoms with Gasteiger partial charge < -0.3 is 10.6 Å². The molecule has 1 aromatic rings. The lowest BCUT2D eigenvalue weighted by Crippen LogP contribution is -2.52. The quantitative estimate of drug-likeness (QED) is 0.549. The number of nitrogens with zero attached hydrogens (tertiary/aromatic N) is 2. The molecule has 1 aromatic carbocycles. The van der Waals surface area contributed by atoms with Crippen molar-refractivity contribution in [2.75, 3.05) is 19.6 Å². The van der Waals surface area contributed by atoms with Crippen LogP contribution in [0.3, 0.4) is 0 Å². The molecule has 1 aliphatic heterocycles. The SMILES string of the molecule is CCN(CC(=O)NN1C(=O)N[C@@](CC)(c2ccccc2)C1=O)CC(=O)NC(C)(C)C. The first-order valence-corrected chi connectivity index (χ1v) is 10.1. The van der Waals surface area contributed by atoms with Gasteiger partial charge in [-0.25, -0.2) is 4.79 Å². The first kappa shape index (κ1) is 23.3. The molecule has 0 aromatic heterocycles. The van der Waals surface area contributed by atoms with Crippen LogP contribution in [0.15, 0.2) is 30.3 Å². The molecule has 1 heterocycles. The number of hydrogen-bond donors (Lipinski definition) is 3. The van der Waals surface area contributed by atoms with E-state index in [-0.39, 0.29) is 24.5 Å². The van der Waals surface area contributed by atoms with Gasteiger partial charge in [0.25, 0.3) is 11.8 Å². The molecule has 1 aliphatic rings. The lowest BCUT2D eigenvalue weighted by molar-refractivity contribution is -0.140. The highest BCUT2D eigenvalue weighted by Crippen LogP contribution is 2.31. The molecule has 0 aliphatic carbocycles. The van der Waals surface area contributed by atoms with Crippen molar-refractivity contribution in [1.29, 1.82) is 0 Å². The number of rotatable bonds is 8. The standard InChI is InChI=1S/C21H31N5O4/c1-6-21(15-11-9-8-10-12-15)18(29)26(19(30)23-21)24-17(28)14-25(7-2)13-16(27)22-20(3,4)5/h8-12H,6-7,13-14H2,1-5H3,(H,22,27)(H,23,30)(H,24,28)/t21-/m0/s1. The average molecular weight is 418 g/mol. The molecule has 0 saturated carbocycles. The van der Waals surface area contributed by atoms with E-state index in [1.54, 1.807) is 36.1 Å². The maximum absolute atomic E-state index is 13.0. The molecule has 1 fully saturated rings. The third kappa shape index (κ3) is 5.35. The van der Waals surface area contributed by atoms with Crippen LogP contribution in [0.5, 0.6) is 0 Å². The summed E-state index contributed by atoms with van der Waals surface area (Å²) in [6.07, 6.45) is 0.335. The maximum atomic E-state index is 13.0. The lowest BCUT2D eigenvalue weighted by atomic mass is 9.87. The number of carbonyl (C=O) groups excluding carboxylic acids is 4. The minimum atomic E-state index is -1.22. The van der Waals surface area contributed by atoms with Crippen LogP contribution in [-0.4, -0.2) is 58.8 Å². The zero-order valence-electron chi connectivity index (χ0n) is 18.2. The van der Waals surface area contributed by atoms with Crippen molar-refractivity contribution in [1.82, 2.24) is 26.0 Å². The van der Waals surface area contributed by atoms with Crippen LogP contribution in [-0.2, 0) is 19.9 Å². The first-order chi connectivity index (χ1) is 14.0. The predicted octanol–water partition coefficient (Wildman–Crippen LogP) is 1.11. The van der Waals surface area contributed by atoms with Crippen molar-refractivity contribution in [2.45, 2.75) is 52.1 Å². The number of urea groups is 1. The van der Waals surface area contributed by atoms with E-state index in [1.165, 1.54) is 0 Å². The molecule has 2 rings (SSSR count). The van der Waals surface area contributed by atoms with Crippen LogP contribution in [0.25, 0.3) is 0 Å². The van der Waals surface area contributed by atoms with Gasteiger partial charge in [-0.05, 0) is 39.3 Å². The largest absolute Gasteiger partial charge is 0.350 e. The van der Waals surface area contributed by atoms with Crippen LogP contribution in [0.1, 0.15) is 46.6 Å². The molecule has 0 unspecified atom stereocenters. The van der Waals surface area contributed by atoms with Crippen LogP contribution in [0, 0.1) is 0 Å². The average Bonchev–Trinajstić information content (AvgIpc) is 2.91. The first-order valence-electron chi connectivity index (χ1n) is 10.1. The third-order valence-electron chi connectivity index (χ3n) is 4.82. The number of hydrogen-bond acceptors (Lipinski definition) is 5. The summed E-state index contributed by atoms with van der Waals surface area (Å²) in [4.78, 5) is 51.8. The molecule has 9 nitrogen and oxygen atoms in total. The monoisotopic (exact) mass is 417 g/mol. The molecular weight excluding hydrogens is 386 g/mol. The van der Waals surface area contributed by atoms with E-state index in [2.05, 4.69) is 16.1 Å². The molecule has 30 heavy (non-hydrogen) atoms. The molecule has 5 amide bonds. The number of hydrazine groups is 1. The summed E-state index contributed by atoms with van der Waals surface area (Å²) < 4.78 is 0. The molecule has 0 spiro atoms. The van der Waals surface area contributed by atoms with E-state index in [0.717, 1.165) is 5.01 Å². The Morgan fingerprint density at radius 3 is 2.20 bits per heavy atom. The molecule has 1 saturated heterocycles. The van der Waals surface area contributed by atoms with Crippen molar-refractivity contribution < 1.29 is 19.2 Å². The minimum absolute atomic E-state index is 0.0320. The van der Waals surface area contributed by atoms with Gasteiger partial charge in [0.1, 0.15) is 5.54 Å². The summed E-state index contributed by atoms with van der Waals surface area (Å²) in [6.45, 7) is 9.59. The highest BCUT2D eigenvalue weighted by Gasteiger charge is 2.52. The maximum Gasteiger partial charge on any atom is 0.344 e. The van der Waals surface area contributed by atoms with Crippen molar-refractivity contribution in [2.24, 2.45) is 0 Å². The Morgan fingerprint density at radius 2 is 1.67 bits per heavy atom.